The van der Waals surface area contributed by atoms with Crippen molar-refractivity contribution in [2.75, 3.05) is 19.5 Å². The van der Waals surface area contributed by atoms with Gasteiger partial charge in [-0.15, -0.1) is 0 Å². The van der Waals surface area contributed by atoms with Crippen LogP contribution in [0.25, 0.3) is 11.2 Å². The SMILES string of the molecule is COC(C1COC(=O)O1)n1cnc2c(=O)[nH]c(N)nc21. The lowest BCUT2D eigenvalue weighted by Crippen LogP contribution is -2.28. The van der Waals surface area contributed by atoms with Crippen molar-refractivity contribution in [3.8, 4) is 0 Å². The molecule has 2 atom stereocenters. The first-order valence-electron chi connectivity index (χ1n) is 5.68. The van der Waals surface area contributed by atoms with Crippen molar-refractivity contribution in [1.82, 2.24) is 19.5 Å². The second-order valence-corrected chi connectivity index (χ2v) is 4.12. The first-order valence-corrected chi connectivity index (χ1v) is 5.68. The summed E-state index contributed by atoms with van der Waals surface area (Å²) in [4.78, 5) is 33.0. The highest BCUT2D eigenvalue weighted by Gasteiger charge is 2.35. The van der Waals surface area contributed by atoms with Crippen LogP contribution in [0.5, 0.6) is 0 Å². The normalized spacial score (nSPS) is 19.9. The van der Waals surface area contributed by atoms with E-state index in [1.54, 1.807) is 0 Å². The Bertz CT molecular complexity index is 722. The van der Waals surface area contributed by atoms with Gasteiger partial charge in [-0.1, -0.05) is 0 Å². The van der Waals surface area contributed by atoms with E-state index in [1.165, 1.54) is 18.0 Å². The Morgan fingerprint density at radius 1 is 1.60 bits per heavy atom. The molecule has 2 aromatic rings. The molecule has 3 N–H and O–H groups in total. The number of ether oxygens (including phenoxy) is 3. The summed E-state index contributed by atoms with van der Waals surface area (Å²) in [5.74, 6) is -0.0428. The molecule has 0 bridgehead atoms. The van der Waals surface area contributed by atoms with E-state index in [-0.39, 0.29) is 23.7 Å². The van der Waals surface area contributed by atoms with Crippen LogP contribution < -0.4 is 11.3 Å². The molecule has 0 saturated carbocycles. The van der Waals surface area contributed by atoms with Crippen LogP contribution in [-0.2, 0) is 14.2 Å². The molecule has 1 fully saturated rings. The van der Waals surface area contributed by atoms with Crippen molar-refractivity contribution < 1.29 is 19.0 Å². The van der Waals surface area contributed by atoms with E-state index in [0.717, 1.165) is 0 Å². The minimum absolute atomic E-state index is 0.0374. The molecule has 0 aliphatic carbocycles. The van der Waals surface area contributed by atoms with Crippen LogP contribution in [0.2, 0.25) is 0 Å². The molecule has 3 rings (SSSR count). The number of aromatic amines is 1. The molecule has 0 radical (unpaired) electrons. The number of hydrogen-bond donors (Lipinski definition) is 2. The zero-order chi connectivity index (χ0) is 14.3. The average Bonchev–Trinajstić information content (AvgIpc) is 2.99. The smallest absolute Gasteiger partial charge is 0.430 e. The third-order valence-corrected chi connectivity index (χ3v) is 2.90. The van der Waals surface area contributed by atoms with Crippen LogP contribution >= 0.6 is 0 Å². The van der Waals surface area contributed by atoms with Crippen LogP contribution in [0.15, 0.2) is 11.1 Å². The van der Waals surface area contributed by atoms with Gasteiger partial charge in [0.1, 0.15) is 6.61 Å². The van der Waals surface area contributed by atoms with Crippen molar-refractivity contribution in [3.05, 3.63) is 16.7 Å². The van der Waals surface area contributed by atoms with E-state index in [0.29, 0.717) is 0 Å². The Balaban J connectivity index is 2.08. The lowest BCUT2D eigenvalue weighted by Gasteiger charge is -2.20. The molecule has 20 heavy (non-hydrogen) atoms. The number of nitrogens with two attached hydrogens (primary N) is 1. The number of nitrogens with zero attached hydrogens (tertiary/aromatic N) is 3. The van der Waals surface area contributed by atoms with Crippen molar-refractivity contribution >= 4 is 23.3 Å². The number of aromatic nitrogens is 4. The van der Waals surface area contributed by atoms with E-state index < -0.39 is 24.0 Å². The predicted molar refractivity (Wildman–Crippen MR) is 64.8 cm³/mol. The van der Waals surface area contributed by atoms with Crippen LogP contribution in [0, 0.1) is 0 Å². The van der Waals surface area contributed by atoms with Gasteiger partial charge in [0.05, 0.1) is 6.33 Å². The fourth-order valence-electron chi connectivity index (χ4n) is 2.06. The van der Waals surface area contributed by atoms with E-state index in [9.17, 15) is 9.59 Å². The first-order chi connectivity index (χ1) is 9.60. The van der Waals surface area contributed by atoms with Gasteiger partial charge in [0, 0.05) is 7.11 Å². The Kier molecular flexibility index (Phi) is 2.79. The number of H-pyrrole nitrogens is 1. The van der Waals surface area contributed by atoms with Gasteiger partial charge in [-0.3, -0.25) is 14.3 Å². The molecule has 0 aromatic carbocycles. The number of rotatable bonds is 3. The number of cyclic esters (lactones) is 2. The summed E-state index contributed by atoms with van der Waals surface area (Å²) in [6.45, 7) is 0.0374. The fourth-order valence-corrected chi connectivity index (χ4v) is 2.06. The second kappa shape index (κ2) is 4.49. The van der Waals surface area contributed by atoms with Gasteiger partial charge in [-0.05, 0) is 0 Å². The quantitative estimate of drug-likeness (QED) is 0.711. The topological polar surface area (TPSA) is 134 Å². The Hall–Kier alpha value is -2.62. The minimum atomic E-state index is -0.771. The van der Waals surface area contributed by atoms with E-state index in [1.807, 2.05) is 0 Å². The summed E-state index contributed by atoms with van der Waals surface area (Å²) >= 11 is 0. The number of carbonyl (C=O) groups is 1. The van der Waals surface area contributed by atoms with Crippen molar-refractivity contribution in [2.24, 2.45) is 0 Å². The molecule has 1 aliphatic rings. The van der Waals surface area contributed by atoms with E-state index >= 15 is 0 Å². The number of hydrogen-bond acceptors (Lipinski definition) is 8. The van der Waals surface area contributed by atoms with Gasteiger partial charge in [0.15, 0.2) is 23.5 Å². The summed E-state index contributed by atoms with van der Waals surface area (Å²) in [7, 11) is 1.43. The van der Waals surface area contributed by atoms with Crippen molar-refractivity contribution in [1.29, 1.82) is 0 Å². The molecular formula is C10H11N5O5. The number of nitrogens with one attached hydrogen (secondary N) is 1. The van der Waals surface area contributed by atoms with Crippen LogP contribution in [0.1, 0.15) is 6.23 Å². The zero-order valence-corrected chi connectivity index (χ0v) is 10.4. The Labute approximate surface area is 111 Å². The number of anilines is 1. The molecule has 10 nitrogen and oxygen atoms in total. The van der Waals surface area contributed by atoms with Crippen LogP contribution in [0.4, 0.5) is 10.7 Å². The Morgan fingerprint density at radius 2 is 2.40 bits per heavy atom. The average molecular weight is 281 g/mol. The molecule has 10 heteroatoms. The maximum atomic E-state index is 11.7. The number of nitrogen functional groups attached to an aromatic ring is 1. The second-order valence-electron chi connectivity index (χ2n) is 4.12. The maximum Gasteiger partial charge on any atom is 0.508 e. The van der Waals surface area contributed by atoms with Gasteiger partial charge in [0.2, 0.25) is 5.95 Å². The van der Waals surface area contributed by atoms with Gasteiger partial charge < -0.3 is 19.9 Å². The minimum Gasteiger partial charge on any atom is -0.430 e. The van der Waals surface area contributed by atoms with Gasteiger partial charge >= 0.3 is 6.16 Å². The summed E-state index contributed by atoms with van der Waals surface area (Å²) in [5.41, 5.74) is 5.41. The highest BCUT2D eigenvalue weighted by molar-refractivity contribution is 5.70. The molecular weight excluding hydrogens is 270 g/mol. The third kappa shape index (κ3) is 1.86. The fraction of sp³-hybridized carbons (Fsp3) is 0.400. The third-order valence-electron chi connectivity index (χ3n) is 2.90. The standard InChI is InChI=1S/C10H11N5O5/c1-18-8(4-2-19-10(17)20-4)15-3-12-5-6(15)13-9(11)14-7(5)16/h3-4,8H,2H2,1H3,(H3,11,13,14,16). The number of carbonyl (C=O) groups excluding carboxylic acids is 1. The van der Waals surface area contributed by atoms with E-state index in [4.69, 9.17) is 19.9 Å². The lowest BCUT2D eigenvalue weighted by atomic mass is 10.3. The predicted octanol–water partition coefficient (Wildman–Crippen LogP) is -0.618. The molecule has 0 amide bonds. The van der Waals surface area contributed by atoms with Crippen molar-refractivity contribution in [3.63, 3.8) is 0 Å². The molecule has 2 aromatic heterocycles. The molecule has 2 unspecified atom stereocenters. The molecule has 3 heterocycles. The van der Waals surface area contributed by atoms with Crippen molar-refractivity contribution in [2.45, 2.75) is 12.3 Å². The molecule has 0 spiro atoms. The number of imidazole rings is 1. The largest absolute Gasteiger partial charge is 0.508 e. The Morgan fingerprint density at radius 3 is 3.05 bits per heavy atom. The van der Waals surface area contributed by atoms with Gasteiger partial charge in [-0.25, -0.2) is 9.78 Å². The zero-order valence-electron chi connectivity index (χ0n) is 10.4. The molecule has 1 aliphatic heterocycles. The molecule has 1 saturated heterocycles. The summed E-state index contributed by atoms with van der Waals surface area (Å²) in [6, 6.07) is 0. The molecule has 106 valence electrons. The summed E-state index contributed by atoms with van der Waals surface area (Å²) in [5, 5.41) is 0. The van der Waals surface area contributed by atoms with Crippen LogP contribution in [0.3, 0.4) is 0 Å². The number of methoxy groups -OCH3 is 1. The summed E-state index contributed by atoms with van der Waals surface area (Å²) < 4.78 is 16.4. The van der Waals surface area contributed by atoms with Gasteiger partial charge in [-0.2, -0.15) is 4.98 Å². The number of fused-ring (bicyclic) bond motifs is 1. The monoisotopic (exact) mass is 281 g/mol. The summed E-state index contributed by atoms with van der Waals surface area (Å²) in [6.07, 6.45) is -0.786. The highest BCUT2D eigenvalue weighted by atomic mass is 16.8. The van der Waals surface area contributed by atoms with E-state index in [2.05, 4.69) is 15.0 Å². The van der Waals surface area contributed by atoms with Crippen LogP contribution in [-0.4, -0.2) is 45.5 Å². The maximum absolute atomic E-state index is 11.7. The lowest BCUT2D eigenvalue weighted by molar-refractivity contribution is -0.0429. The highest BCUT2D eigenvalue weighted by Crippen LogP contribution is 2.23. The first kappa shape index (κ1) is 12.4. The van der Waals surface area contributed by atoms with Gasteiger partial charge in [0.25, 0.3) is 5.56 Å².